The summed E-state index contributed by atoms with van der Waals surface area (Å²) in [6.07, 6.45) is 0. The van der Waals surface area contributed by atoms with E-state index in [9.17, 15) is 5.11 Å². The van der Waals surface area contributed by atoms with Crippen LogP contribution in [0.4, 0.5) is 0 Å². The molecule has 1 aromatic rings. The number of aromatic hydroxyl groups is 1. The fourth-order valence-electron chi connectivity index (χ4n) is 1.71. The van der Waals surface area contributed by atoms with E-state index in [-0.39, 0.29) is 5.41 Å². The number of nitrogens with zero attached hydrogens (tertiary/aromatic N) is 2. The van der Waals surface area contributed by atoms with Gasteiger partial charge < -0.3 is 5.11 Å². The minimum absolute atomic E-state index is 0.0310. The second-order valence-corrected chi connectivity index (χ2v) is 5.73. The third-order valence-electron chi connectivity index (χ3n) is 3.01. The summed E-state index contributed by atoms with van der Waals surface area (Å²) in [5, 5.41) is 14.4. The first-order valence-corrected chi connectivity index (χ1v) is 5.93. The van der Waals surface area contributed by atoms with E-state index in [0.29, 0.717) is 12.3 Å². The molecule has 96 valence electrons. The second-order valence-electron chi connectivity index (χ2n) is 5.73. The topological polar surface area (TPSA) is 26.7 Å². The van der Waals surface area contributed by atoms with Crippen LogP contribution in [-0.4, -0.2) is 36.3 Å². The molecule has 17 heavy (non-hydrogen) atoms. The third-order valence-corrected chi connectivity index (χ3v) is 3.01. The molecule has 1 N–H and O–H groups in total. The van der Waals surface area contributed by atoms with Gasteiger partial charge in [0, 0.05) is 33.3 Å². The van der Waals surface area contributed by atoms with Crippen LogP contribution in [0.5, 0.6) is 5.75 Å². The molecule has 0 aromatic heterocycles. The van der Waals surface area contributed by atoms with E-state index < -0.39 is 0 Å². The van der Waals surface area contributed by atoms with Crippen molar-refractivity contribution >= 4 is 0 Å². The molecule has 0 spiro atoms. The van der Waals surface area contributed by atoms with E-state index in [1.54, 1.807) is 0 Å². The van der Waals surface area contributed by atoms with Crippen molar-refractivity contribution in [2.24, 2.45) is 0 Å². The number of benzene rings is 1. The Hall–Kier alpha value is -1.06. The van der Waals surface area contributed by atoms with Crippen molar-refractivity contribution in [3.63, 3.8) is 0 Å². The number of phenolic OH excluding ortho intramolecular Hbond substituents is 1. The van der Waals surface area contributed by atoms with E-state index in [4.69, 9.17) is 0 Å². The molecule has 0 radical (unpaired) electrons. The highest BCUT2D eigenvalue weighted by atomic mass is 16.3. The van der Waals surface area contributed by atoms with Crippen LogP contribution < -0.4 is 0 Å². The first-order valence-electron chi connectivity index (χ1n) is 5.93. The molecule has 0 aliphatic carbocycles. The lowest BCUT2D eigenvalue weighted by molar-refractivity contribution is 0.0468. The monoisotopic (exact) mass is 236 g/mol. The van der Waals surface area contributed by atoms with Crippen molar-refractivity contribution in [3.05, 3.63) is 29.3 Å². The maximum Gasteiger partial charge on any atom is 0.123 e. The molecule has 0 heterocycles. The molecule has 0 amide bonds. The largest absolute Gasteiger partial charge is 0.507 e. The Kier molecular flexibility index (Phi) is 4.17. The van der Waals surface area contributed by atoms with Crippen molar-refractivity contribution in [1.82, 2.24) is 10.0 Å². The SMILES string of the molecule is CN(C)N(C)Cc1cccc(C(C)(C)C)c1O. The predicted octanol–water partition coefficient (Wildman–Crippen LogP) is 2.60. The van der Waals surface area contributed by atoms with Crippen LogP contribution in [0, 0.1) is 0 Å². The van der Waals surface area contributed by atoms with Crippen LogP contribution in [0.1, 0.15) is 31.9 Å². The molecule has 0 unspecified atom stereocenters. The molecule has 0 aliphatic heterocycles. The molecule has 1 rings (SSSR count). The molecule has 3 nitrogen and oxygen atoms in total. The number of hydrogen-bond donors (Lipinski definition) is 1. The van der Waals surface area contributed by atoms with Gasteiger partial charge in [0.2, 0.25) is 0 Å². The molecule has 0 bridgehead atoms. The number of rotatable bonds is 3. The van der Waals surface area contributed by atoms with E-state index in [0.717, 1.165) is 11.1 Å². The van der Waals surface area contributed by atoms with Gasteiger partial charge in [-0.15, -0.1) is 0 Å². The smallest absolute Gasteiger partial charge is 0.123 e. The molecule has 0 fully saturated rings. The van der Waals surface area contributed by atoms with Gasteiger partial charge in [0.25, 0.3) is 0 Å². The van der Waals surface area contributed by atoms with Crippen molar-refractivity contribution in [2.45, 2.75) is 32.7 Å². The van der Waals surface area contributed by atoms with Gasteiger partial charge in [0.1, 0.15) is 5.75 Å². The summed E-state index contributed by atoms with van der Waals surface area (Å²) in [7, 11) is 5.98. The highest BCUT2D eigenvalue weighted by molar-refractivity contribution is 5.43. The van der Waals surface area contributed by atoms with E-state index >= 15 is 0 Å². The molecule has 0 atom stereocenters. The Balaban J connectivity index is 3.03. The summed E-state index contributed by atoms with van der Waals surface area (Å²) in [4.78, 5) is 0. The maximum atomic E-state index is 10.3. The number of phenols is 1. The third kappa shape index (κ3) is 3.45. The zero-order valence-corrected chi connectivity index (χ0v) is 11.8. The van der Waals surface area contributed by atoms with Gasteiger partial charge in [-0.1, -0.05) is 39.0 Å². The summed E-state index contributed by atoms with van der Waals surface area (Å²) in [5.41, 5.74) is 1.94. The van der Waals surface area contributed by atoms with Crippen molar-refractivity contribution in [1.29, 1.82) is 0 Å². The zero-order chi connectivity index (χ0) is 13.2. The van der Waals surface area contributed by atoms with Crippen LogP contribution in [0.3, 0.4) is 0 Å². The average molecular weight is 236 g/mol. The number of hydrogen-bond acceptors (Lipinski definition) is 3. The van der Waals surface area contributed by atoms with Gasteiger partial charge in [-0.3, -0.25) is 0 Å². The summed E-state index contributed by atoms with van der Waals surface area (Å²) in [6, 6.07) is 5.98. The fourth-order valence-corrected chi connectivity index (χ4v) is 1.71. The Morgan fingerprint density at radius 1 is 1.12 bits per heavy atom. The van der Waals surface area contributed by atoms with Gasteiger partial charge in [-0.25, -0.2) is 10.0 Å². The van der Waals surface area contributed by atoms with Crippen molar-refractivity contribution in [2.75, 3.05) is 21.1 Å². The van der Waals surface area contributed by atoms with Crippen LogP contribution in [-0.2, 0) is 12.0 Å². The van der Waals surface area contributed by atoms with Gasteiger partial charge in [-0.05, 0) is 11.0 Å². The van der Waals surface area contributed by atoms with Crippen LogP contribution in [0.15, 0.2) is 18.2 Å². The minimum Gasteiger partial charge on any atom is -0.507 e. The molecule has 1 aromatic carbocycles. The lowest BCUT2D eigenvalue weighted by Crippen LogP contribution is -2.32. The highest BCUT2D eigenvalue weighted by Gasteiger charge is 2.20. The summed E-state index contributed by atoms with van der Waals surface area (Å²) < 4.78 is 0. The van der Waals surface area contributed by atoms with E-state index in [1.165, 1.54) is 0 Å². The normalized spacial score (nSPS) is 12.5. The van der Waals surface area contributed by atoms with Gasteiger partial charge in [-0.2, -0.15) is 0 Å². The highest BCUT2D eigenvalue weighted by Crippen LogP contribution is 2.33. The summed E-state index contributed by atoms with van der Waals surface area (Å²) >= 11 is 0. The molecular formula is C14H24N2O. The van der Waals surface area contributed by atoms with Gasteiger partial charge in [0.15, 0.2) is 0 Å². The minimum atomic E-state index is -0.0310. The summed E-state index contributed by atoms with van der Waals surface area (Å²) in [5.74, 6) is 0.425. The first-order chi connectivity index (χ1) is 7.73. The fraction of sp³-hybridized carbons (Fsp3) is 0.571. The molecule has 0 saturated carbocycles. The van der Waals surface area contributed by atoms with Gasteiger partial charge in [0.05, 0.1) is 0 Å². The molecule has 0 saturated heterocycles. The Bertz CT molecular complexity index is 380. The number of hydrazine groups is 1. The van der Waals surface area contributed by atoms with Gasteiger partial charge >= 0.3 is 0 Å². The standard InChI is InChI=1S/C14H24N2O/c1-14(2,3)12-9-7-8-11(13(12)17)10-16(6)15(4)5/h7-9,17H,10H2,1-6H3. The average Bonchev–Trinajstić information content (AvgIpc) is 2.19. The first kappa shape index (κ1) is 14.0. The maximum absolute atomic E-state index is 10.3. The molecule has 0 aliphatic rings. The van der Waals surface area contributed by atoms with E-state index in [2.05, 4.69) is 25.8 Å². The lowest BCUT2D eigenvalue weighted by Gasteiger charge is -2.26. The Morgan fingerprint density at radius 3 is 2.18 bits per heavy atom. The van der Waals surface area contributed by atoms with Crippen molar-refractivity contribution in [3.8, 4) is 5.75 Å². The van der Waals surface area contributed by atoms with E-state index in [1.807, 2.05) is 44.4 Å². The zero-order valence-electron chi connectivity index (χ0n) is 11.8. The Morgan fingerprint density at radius 2 is 1.71 bits per heavy atom. The van der Waals surface area contributed by atoms with Crippen LogP contribution in [0.2, 0.25) is 0 Å². The van der Waals surface area contributed by atoms with Crippen molar-refractivity contribution < 1.29 is 5.11 Å². The molecule has 3 heteroatoms. The second kappa shape index (κ2) is 5.07. The predicted molar refractivity (Wildman–Crippen MR) is 72.0 cm³/mol. The van der Waals surface area contributed by atoms with Crippen LogP contribution >= 0.6 is 0 Å². The quantitative estimate of drug-likeness (QED) is 0.817. The number of para-hydroxylation sites is 1. The van der Waals surface area contributed by atoms with Crippen LogP contribution in [0.25, 0.3) is 0 Å². The lowest BCUT2D eigenvalue weighted by atomic mass is 9.85. The Labute approximate surface area is 105 Å². The summed E-state index contributed by atoms with van der Waals surface area (Å²) in [6.45, 7) is 7.05. The molecular weight excluding hydrogens is 212 g/mol.